The molecule has 0 fully saturated rings. The zero-order valence-corrected chi connectivity index (χ0v) is 14.2. The maximum absolute atomic E-state index is 12.5. The molecule has 1 aromatic rings. The van der Waals surface area contributed by atoms with Crippen LogP contribution in [-0.2, 0) is 10.0 Å². The van der Waals surface area contributed by atoms with Crippen LogP contribution in [0.15, 0.2) is 23.4 Å². The van der Waals surface area contributed by atoms with Gasteiger partial charge in [0, 0.05) is 18.8 Å². The van der Waals surface area contributed by atoms with Gasteiger partial charge in [-0.15, -0.1) is 0 Å². The molecule has 0 aliphatic carbocycles. The molecule has 0 saturated heterocycles. The third-order valence-corrected chi connectivity index (χ3v) is 5.20. The molecule has 6 heteroatoms. The molecule has 0 aliphatic rings. The maximum atomic E-state index is 12.5. The molecule has 120 valence electrons. The number of nitrogens with one attached hydrogen (secondary N) is 2. The Morgan fingerprint density at radius 1 is 1.24 bits per heavy atom. The lowest BCUT2D eigenvalue weighted by Gasteiger charge is -2.22. The lowest BCUT2D eigenvalue weighted by molar-refractivity contribution is 0.390. The van der Waals surface area contributed by atoms with Crippen molar-refractivity contribution < 1.29 is 8.42 Å². The molecular weight excluding hydrogens is 286 g/mol. The normalized spacial score (nSPS) is 13.4. The quantitative estimate of drug-likeness (QED) is 0.735. The van der Waals surface area contributed by atoms with Gasteiger partial charge in [0.2, 0.25) is 0 Å². The van der Waals surface area contributed by atoms with Gasteiger partial charge in [-0.3, -0.25) is 0 Å². The van der Waals surface area contributed by atoms with Gasteiger partial charge < -0.3 is 5.32 Å². The van der Waals surface area contributed by atoms with Crippen LogP contribution >= 0.6 is 0 Å². The molecule has 1 aromatic heterocycles. The molecular formula is C15H27N3O2S. The van der Waals surface area contributed by atoms with E-state index in [0.717, 1.165) is 25.8 Å². The average molecular weight is 313 g/mol. The van der Waals surface area contributed by atoms with Gasteiger partial charge in [-0.05, 0) is 31.4 Å². The van der Waals surface area contributed by atoms with E-state index in [9.17, 15) is 8.42 Å². The fourth-order valence-corrected chi connectivity index (χ4v) is 3.81. The number of rotatable bonds is 9. The number of hydrogen-bond acceptors (Lipinski definition) is 4. The summed E-state index contributed by atoms with van der Waals surface area (Å²) in [4.78, 5) is 4.05. The van der Waals surface area contributed by atoms with Crippen LogP contribution < -0.4 is 10.0 Å². The molecule has 0 radical (unpaired) electrons. The van der Waals surface area contributed by atoms with Gasteiger partial charge in [-0.2, -0.15) is 0 Å². The summed E-state index contributed by atoms with van der Waals surface area (Å²) in [6.45, 7) is 8.82. The number of nitrogens with zero attached hydrogens (tertiary/aromatic N) is 1. The van der Waals surface area contributed by atoms with Crippen molar-refractivity contribution in [1.29, 1.82) is 0 Å². The zero-order chi connectivity index (χ0) is 15.9. The summed E-state index contributed by atoms with van der Waals surface area (Å²) in [6.07, 6.45) is 4.33. The Morgan fingerprint density at radius 3 is 2.48 bits per heavy atom. The molecule has 1 heterocycles. The Labute approximate surface area is 128 Å². The minimum Gasteiger partial charge on any atom is -0.383 e. The maximum Gasteiger partial charge on any atom is 0.260 e. The SMILES string of the molecule is CCCNc1cccnc1S(=O)(=O)NC(C)C(CC)CC. The van der Waals surface area contributed by atoms with Gasteiger partial charge in [0.25, 0.3) is 10.0 Å². The van der Waals surface area contributed by atoms with E-state index >= 15 is 0 Å². The smallest absolute Gasteiger partial charge is 0.260 e. The minimum absolute atomic E-state index is 0.0799. The number of anilines is 1. The van der Waals surface area contributed by atoms with Crippen LogP contribution in [0.4, 0.5) is 5.69 Å². The van der Waals surface area contributed by atoms with Gasteiger partial charge in [0.15, 0.2) is 5.03 Å². The number of sulfonamides is 1. The lowest BCUT2D eigenvalue weighted by atomic mass is 9.96. The van der Waals surface area contributed by atoms with Crippen LogP contribution in [0.5, 0.6) is 0 Å². The van der Waals surface area contributed by atoms with Crippen molar-refractivity contribution in [3.63, 3.8) is 0 Å². The van der Waals surface area contributed by atoms with Crippen molar-refractivity contribution in [1.82, 2.24) is 9.71 Å². The van der Waals surface area contributed by atoms with E-state index < -0.39 is 10.0 Å². The molecule has 21 heavy (non-hydrogen) atoms. The van der Waals surface area contributed by atoms with Crippen molar-refractivity contribution >= 4 is 15.7 Å². The molecule has 0 bridgehead atoms. The van der Waals surface area contributed by atoms with Gasteiger partial charge in [0.1, 0.15) is 0 Å². The average Bonchev–Trinajstić information content (AvgIpc) is 2.46. The Hall–Kier alpha value is -1.14. The van der Waals surface area contributed by atoms with E-state index in [1.165, 1.54) is 6.20 Å². The molecule has 1 rings (SSSR count). The zero-order valence-electron chi connectivity index (χ0n) is 13.4. The fourth-order valence-electron chi connectivity index (χ4n) is 2.39. The van der Waals surface area contributed by atoms with Crippen molar-refractivity contribution in [2.75, 3.05) is 11.9 Å². The molecule has 0 saturated carbocycles. The Balaban J connectivity index is 2.97. The molecule has 1 atom stereocenters. The van der Waals surface area contributed by atoms with E-state index in [1.807, 2.05) is 13.8 Å². The number of pyridine rings is 1. The summed E-state index contributed by atoms with van der Waals surface area (Å²) in [5.41, 5.74) is 0.559. The van der Waals surface area contributed by atoms with Crippen molar-refractivity contribution in [3.8, 4) is 0 Å². The standard InChI is InChI=1S/C15H27N3O2S/c1-5-10-16-14-9-8-11-17-15(14)21(19,20)18-12(4)13(6-2)7-3/h8-9,11-13,16,18H,5-7,10H2,1-4H3. The van der Waals surface area contributed by atoms with Crippen molar-refractivity contribution in [3.05, 3.63) is 18.3 Å². The monoisotopic (exact) mass is 313 g/mol. The lowest BCUT2D eigenvalue weighted by Crippen LogP contribution is -2.38. The summed E-state index contributed by atoms with van der Waals surface area (Å²) in [5, 5.41) is 3.20. The Bertz CT molecular complexity index is 527. The second-order valence-electron chi connectivity index (χ2n) is 5.27. The van der Waals surface area contributed by atoms with Crippen LogP contribution in [0, 0.1) is 5.92 Å². The minimum atomic E-state index is -3.61. The highest BCUT2D eigenvalue weighted by Crippen LogP contribution is 2.20. The molecule has 5 nitrogen and oxygen atoms in total. The summed E-state index contributed by atoms with van der Waals surface area (Å²) in [7, 11) is -3.61. The highest BCUT2D eigenvalue weighted by molar-refractivity contribution is 7.89. The molecule has 2 N–H and O–H groups in total. The summed E-state index contributed by atoms with van der Waals surface area (Å²) in [6, 6.07) is 3.38. The van der Waals surface area contributed by atoms with E-state index in [4.69, 9.17) is 0 Å². The number of hydrogen-bond donors (Lipinski definition) is 2. The molecule has 0 spiro atoms. The van der Waals surface area contributed by atoms with Crippen LogP contribution in [0.2, 0.25) is 0 Å². The van der Waals surface area contributed by atoms with Crippen molar-refractivity contribution in [2.45, 2.75) is 58.0 Å². The summed E-state index contributed by atoms with van der Waals surface area (Å²) >= 11 is 0. The first-order valence-electron chi connectivity index (χ1n) is 7.67. The van der Waals surface area contributed by atoms with Crippen LogP contribution in [-0.4, -0.2) is 26.0 Å². The second-order valence-corrected chi connectivity index (χ2v) is 6.90. The third-order valence-electron chi connectivity index (χ3n) is 3.69. The van der Waals surface area contributed by atoms with Gasteiger partial charge >= 0.3 is 0 Å². The topological polar surface area (TPSA) is 71.1 Å². The summed E-state index contributed by atoms with van der Waals surface area (Å²) < 4.78 is 27.9. The highest BCUT2D eigenvalue weighted by Gasteiger charge is 2.25. The first kappa shape index (κ1) is 17.9. The first-order valence-corrected chi connectivity index (χ1v) is 9.15. The van der Waals surface area contributed by atoms with Crippen molar-refractivity contribution in [2.24, 2.45) is 5.92 Å². The van der Waals surface area contributed by atoms with Gasteiger partial charge in [-0.1, -0.05) is 33.6 Å². The van der Waals surface area contributed by atoms with Crippen LogP contribution in [0.25, 0.3) is 0 Å². The summed E-state index contributed by atoms with van der Waals surface area (Å²) in [5.74, 6) is 0.329. The van der Waals surface area contributed by atoms with Crippen LogP contribution in [0.1, 0.15) is 47.0 Å². The predicted molar refractivity (Wildman–Crippen MR) is 86.9 cm³/mol. The first-order chi connectivity index (χ1) is 9.96. The van der Waals surface area contributed by atoms with E-state index in [1.54, 1.807) is 12.1 Å². The Kier molecular flexibility index (Phi) is 7.11. The van der Waals surface area contributed by atoms with Gasteiger partial charge in [0.05, 0.1) is 5.69 Å². The van der Waals surface area contributed by atoms with Gasteiger partial charge in [-0.25, -0.2) is 18.1 Å². The number of aromatic nitrogens is 1. The predicted octanol–water partition coefficient (Wildman–Crippen LogP) is 3.01. The molecule has 0 aliphatic heterocycles. The van der Waals surface area contributed by atoms with Crippen LogP contribution in [0.3, 0.4) is 0 Å². The van der Waals surface area contributed by atoms with E-state index in [0.29, 0.717) is 11.6 Å². The molecule has 0 aromatic carbocycles. The van der Waals surface area contributed by atoms with E-state index in [-0.39, 0.29) is 11.1 Å². The third kappa shape index (κ3) is 4.97. The van der Waals surface area contributed by atoms with E-state index in [2.05, 4.69) is 28.9 Å². The second kappa shape index (κ2) is 8.34. The Morgan fingerprint density at radius 2 is 1.90 bits per heavy atom. The molecule has 1 unspecified atom stereocenters. The molecule has 0 amide bonds. The largest absolute Gasteiger partial charge is 0.383 e. The fraction of sp³-hybridized carbons (Fsp3) is 0.667. The highest BCUT2D eigenvalue weighted by atomic mass is 32.2.